The predicted molar refractivity (Wildman–Crippen MR) is 99.0 cm³/mol. The molecular weight excluding hydrogens is 353 g/mol. The number of hydrogen-bond acceptors (Lipinski definition) is 5. The van der Waals surface area contributed by atoms with Gasteiger partial charge in [0.1, 0.15) is 0 Å². The third-order valence-corrected chi connectivity index (χ3v) is 3.58. The molecule has 25 heavy (non-hydrogen) atoms. The van der Waals surface area contributed by atoms with Crippen molar-refractivity contribution in [3.63, 3.8) is 0 Å². The third-order valence-electron chi connectivity index (χ3n) is 3.34. The van der Waals surface area contributed by atoms with Crippen LogP contribution >= 0.6 is 11.6 Å². The summed E-state index contributed by atoms with van der Waals surface area (Å²) in [7, 11) is 0. The van der Waals surface area contributed by atoms with E-state index in [0.717, 1.165) is 24.1 Å². The first-order valence-electron chi connectivity index (χ1n) is 7.63. The van der Waals surface area contributed by atoms with E-state index < -0.39 is 12.1 Å². The van der Waals surface area contributed by atoms with Crippen LogP contribution in [0.4, 0.5) is 0 Å². The summed E-state index contributed by atoms with van der Waals surface area (Å²) in [4.78, 5) is 19.9. The third kappa shape index (κ3) is 8.23. The number of aliphatic hydroxyl groups excluding tert-OH is 1. The number of aliphatic hydroxyl groups is 1. The van der Waals surface area contributed by atoms with Gasteiger partial charge >= 0.3 is 35.5 Å². The van der Waals surface area contributed by atoms with Gasteiger partial charge in [-0.15, -0.1) is 0 Å². The van der Waals surface area contributed by atoms with Crippen LogP contribution in [0.15, 0.2) is 48.5 Å². The minimum absolute atomic E-state index is 0. The van der Waals surface area contributed by atoms with Crippen LogP contribution in [0.2, 0.25) is 5.02 Å². The van der Waals surface area contributed by atoms with Gasteiger partial charge in [-0.3, -0.25) is 9.78 Å². The summed E-state index contributed by atoms with van der Waals surface area (Å²) in [6.45, 7) is 2.45. The van der Waals surface area contributed by atoms with Gasteiger partial charge in [-0.2, -0.15) is 0 Å². The molecular formula is C18H21ClNNaO4. The van der Waals surface area contributed by atoms with Gasteiger partial charge in [0.2, 0.25) is 0 Å². The van der Waals surface area contributed by atoms with Crippen LogP contribution in [0.1, 0.15) is 24.2 Å². The van der Waals surface area contributed by atoms with E-state index in [1.807, 2.05) is 24.3 Å². The molecule has 0 aliphatic rings. The van der Waals surface area contributed by atoms with Crippen LogP contribution in [0.25, 0.3) is 0 Å². The molecule has 7 heteroatoms. The van der Waals surface area contributed by atoms with Gasteiger partial charge < -0.3 is 10.4 Å². The average molecular weight is 374 g/mol. The molecule has 0 heterocycles. The summed E-state index contributed by atoms with van der Waals surface area (Å²) >= 11 is 5.91. The number of nitrogens with one attached hydrogen (secondary N) is 1. The maximum absolute atomic E-state index is 10.7. The van der Waals surface area contributed by atoms with E-state index in [1.165, 1.54) is 6.92 Å². The van der Waals surface area contributed by atoms with Crippen LogP contribution in [0, 0.1) is 0 Å². The molecule has 2 N–H and O–H groups in total. The number of hydrogen-bond donors (Lipinski definition) is 2. The fourth-order valence-electron chi connectivity index (χ4n) is 2.12. The average Bonchev–Trinajstić information content (AvgIpc) is 2.57. The Labute approximate surface area is 174 Å². The zero-order valence-electron chi connectivity index (χ0n) is 13.4. The minimum atomic E-state index is -0.594. The Morgan fingerprint density at radius 3 is 2.60 bits per heavy atom. The van der Waals surface area contributed by atoms with E-state index in [1.54, 1.807) is 24.3 Å². The summed E-state index contributed by atoms with van der Waals surface area (Å²) in [5, 5.41) is 13.9. The molecule has 0 fully saturated rings. The van der Waals surface area contributed by atoms with Crippen molar-refractivity contribution < 1.29 is 19.7 Å². The van der Waals surface area contributed by atoms with Crippen molar-refractivity contribution in [1.82, 2.24) is 5.32 Å². The Hall–Kier alpha value is -1.08. The van der Waals surface area contributed by atoms with E-state index in [9.17, 15) is 9.90 Å². The number of benzene rings is 2. The van der Waals surface area contributed by atoms with Gasteiger partial charge in [-0.1, -0.05) is 35.9 Å². The second kappa shape index (κ2) is 11.5. The van der Waals surface area contributed by atoms with E-state index in [-0.39, 0.29) is 29.6 Å². The van der Waals surface area contributed by atoms with Gasteiger partial charge in [0.25, 0.3) is 0 Å². The van der Waals surface area contributed by atoms with Crippen molar-refractivity contribution in [1.29, 1.82) is 0 Å². The van der Waals surface area contributed by atoms with Crippen molar-refractivity contribution in [2.75, 3.05) is 13.1 Å². The number of rotatable bonds is 8. The SMILES string of the molecule is CC(=O)OOc1ccc(CCNCC(O)c2cccc(Cl)c2)cc1.[NaH]. The van der Waals surface area contributed by atoms with E-state index in [2.05, 4.69) is 10.2 Å². The Kier molecular flexibility index (Phi) is 10.1. The molecule has 0 aliphatic heterocycles. The second-order valence-corrected chi connectivity index (χ2v) is 5.76. The Balaban J connectivity index is 0.00000312. The second-order valence-electron chi connectivity index (χ2n) is 5.33. The predicted octanol–water partition coefficient (Wildman–Crippen LogP) is 2.41. The van der Waals surface area contributed by atoms with Crippen molar-refractivity contribution in [3.8, 4) is 5.75 Å². The van der Waals surface area contributed by atoms with Gasteiger partial charge in [-0.25, -0.2) is 4.79 Å². The molecule has 1 atom stereocenters. The summed E-state index contributed by atoms with van der Waals surface area (Å²) < 4.78 is 0. The van der Waals surface area contributed by atoms with E-state index in [0.29, 0.717) is 17.3 Å². The quantitative estimate of drug-likeness (QED) is 0.322. The van der Waals surface area contributed by atoms with Gasteiger partial charge in [0, 0.05) is 18.5 Å². The molecule has 0 radical (unpaired) electrons. The summed E-state index contributed by atoms with van der Waals surface area (Å²) in [6.07, 6.45) is 0.207. The molecule has 0 aromatic heterocycles. The summed E-state index contributed by atoms with van der Waals surface area (Å²) in [5.41, 5.74) is 1.90. The molecule has 2 rings (SSSR count). The summed E-state index contributed by atoms with van der Waals surface area (Å²) in [6, 6.07) is 14.5. The molecule has 0 aliphatic carbocycles. The van der Waals surface area contributed by atoms with Crippen LogP contribution in [-0.4, -0.2) is 53.7 Å². The van der Waals surface area contributed by atoms with Crippen LogP contribution in [-0.2, 0) is 16.1 Å². The maximum atomic E-state index is 10.7. The van der Waals surface area contributed by atoms with Crippen LogP contribution in [0.3, 0.4) is 0 Å². The number of carbonyl (C=O) groups is 1. The monoisotopic (exact) mass is 373 g/mol. The van der Waals surface area contributed by atoms with Crippen molar-refractivity contribution >= 4 is 47.1 Å². The van der Waals surface area contributed by atoms with Crippen molar-refractivity contribution in [2.24, 2.45) is 0 Å². The van der Waals surface area contributed by atoms with Gasteiger partial charge in [-0.05, 0) is 48.4 Å². The van der Waals surface area contributed by atoms with Crippen molar-refractivity contribution in [2.45, 2.75) is 19.4 Å². The number of carbonyl (C=O) groups excluding carboxylic acids is 1. The fraction of sp³-hybridized carbons (Fsp3) is 0.278. The fourth-order valence-corrected chi connectivity index (χ4v) is 2.32. The molecule has 0 saturated carbocycles. The summed E-state index contributed by atoms with van der Waals surface area (Å²) in [5.74, 6) is -0.0279. The van der Waals surface area contributed by atoms with E-state index >= 15 is 0 Å². The molecule has 1 unspecified atom stereocenters. The standard InChI is InChI=1S/C18H20ClNO4.Na.H/c1-13(21)23-24-17-7-5-14(6-8-17)9-10-20-12-18(22)15-3-2-4-16(19)11-15;;/h2-8,11,18,20,22H,9-10,12H2,1H3;;. The molecule has 5 nitrogen and oxygen atoms in total. The Bertz CT molecular complexity index is 666. The zero-order valence-corrected chi connectivity index (χ0v) is 14.1. The zero-order chi connectivity index (χ0) is 17.4. The molecule has 2 aromatic rings. The van der Waals surface area contributed by atoms with Crippen molar-refractivity contribution in [3.05, 3.63) is 64.7 Å². The first-order chi connectivity index (χ1) is 11.5. The van der Waals surface area contributed by atoms with Gasteiger partial charge in [0.05, 0.1) is 6.10 Å². The molecule has 2 aromatic carbocycles. The molecule has 0 saturated heterocycles. The molecule has 0 spiro atoms. The normalized spacial score (nSPS) is 11.3. The number of halogens is 1. The first-order valence-corrected chi connectivity index (χ1v) is 8.00. The molecule has 0 amide bonds. The molecule has 0 bridgehead atoms. The molecule has 130 valence electrons. The van der Waals surface area contributed by atoms with E-state index in [4.69, 9.17) is 16.5 Å². The Morgan fingerprint density at radius 1 is 1.24 bits per heavy atom. The van der Waals surface area contributed by atoms with Gasteiger partial charge in [0.15, 0.2) is 5.75 Å². The van der Waals surface area contributed by atoms with Crippen LogP contribution in [0.5, 0.6) is 5.75 Å². The topological polar surface area (TPSA) is 67.8 Å². The van der Waals surface area contributed by atoms with Crippen LogP contribution < -0.4 is 10.2 Å². The first kappa shape index (κ1) is 22.0. The Morgan fingerprint density at radius 2 is 1.96 bits per heavy atom.